The molecule has 8 rings (SSSR count). The second-order valence-electron chi connectivity index (χ2n) is 9.20. The molecular formula is C19H18ClF3N4O2. The first kappa shape index (κ1) is 17.8. The van der Waals surface area contributed by atoms with Crippen LogP contribution in [0.4, 0.5) is 18.9 Å². The molecule has 1 atom stereocenters. The van der Waals surface area contributed by atoms with Crippen LogP contribution in [0.1, 0.15) is 12.5 Å². The lowest BCUT2D eigenvalue weighted by Gasteiger charge is -3.11. The number of halogens is 4. The van der Waals surface area contributed by atoms with Crippen LogP contribution in [0.3, 0.4) is 0 Å². The molecular weight excluding hydrogens is 409 g/mol. The summed E-state index contributed by atoms with van der Waals surface area (Å²) in [5.41, 5.74) is 6.24. The summed E-state index contributed by atoms with van der Waals surface area (Å²) in [6, 6.07) is 3.57. The second kappa shape index (κ2) is 4.67. The molecule has 6 saturated carbocycles. The Kier molecular flexibility index (Phi) is 2.87. The molecule has 1 aromatic carbocycles. The van der Waals surface area contributed by atoms with Gasteiger partial charge in [-0.2, -0.15) is 13.2 Å². The lowest BCUT2D eigenvalue weighted by Crippen LogP contribution is -3.16. The van der Waals surface area contributed by atoms with E-state index in [-0.39, 0.29) is 41.0 Å². The van der Waals surface area contributed by atoms with Crippen molar-refractivity contribution >= 4 is 18.1 Å². The van der Waals surface area contributed by atoms with Gasteiger partial charge in [-0.05, 0) is 60.6 Å². The van der Waals surface area contributed by atoms with Crippen LogP contribution in [0.25, 0.3) is 11.5 Å². The SMILES string of the molecule is C[C@H](Nc1cc(-c2n[nH]c(=O)o2)ccc1C(F)(F)F)C12C3C4C1C1C2C3C41N.Cl. The topological polar surface area (TPSA) is 96.9 Å². The average Bonchev–Trinajstić information content (AvgIpc) is 3.07. The molecule has 0 saturated heterocycles. The number of aromatic nitrogens is 2. The van der Waals surface area contributed by atoms with Crippen molar-refractivity contribution < 1.29 is 17.6 Å². The molecule has 1 heterocycles. The van der Waals surface area contributed by atoms with Gasteiger partial charge in [0.05, 0.1) is 5.56 Å². The minimum atomic E-state index is -4.49. The van der Waals surface area contributed by atoms with Crippen molar-refractivity contribution in [3.63, 3.8) is 0 Å². The molecule has 1 aromatic heterocycles. The Morgan fingerprint density at radius 2 is 1.83 bits per heavy atom. The van der Waals surface area contributed by atoms with Crippen molar-refractivity contribution in [2.24, 2.45) is 46.7 Å². The number of nitrogens with zero attached hydrogens (tertiary/aromatic N) is 1. The second-order valence-corrected chi connectivity index (χ2v) is 9.20. The highest BCUT2D eigenvalue weighted by molar-refractivity contribution is 5.85. The number of nitrogens with one attached hydrogen (secondary N) is 2. The Morgan fingerprint density at radius 1 is 1.21 bits per heavy atom. The first-order valence-corrected chi connectivity index (χ1v) is 9.54. The number of H-pyrrole nitrogens is 1. The molecule has 0 bridgehead atoms. The van der Waals surface area contributed by atoms with Crippen LogP contribution < -0.4 is 16.8 Å². The molecule has 6 nitrogen and oxygen atoms in total. The third-order valence-corrected chi connectivity index (χ3v) is 8.92. The molecule has 0 amide bonds. The van der Waals surface area contributed by atoms with E-state index in [0.29, 0.717) is 41.1 Å². The zero-order chi connectivity index (χ0) is 19.4. The maximum absolute atomic E-state index is 13.6. The summed E-state index contributed by atoms with van der Waals surface area (Å²) < 4.78 is 45.6. The van der Waals surface area contributed by atoms with Gasteiger partial charge in [0.1, 0.15) is 0 Å². The zero-order valence-corrected chi connectivity index (χ0v) is 16.0. The molecule has 6 aliphatic rings. The lowest BCUT2D eigenvalue weighted by molar-refractivity contribution is -0.622. The van der Waals surface area contributed by atoms with E-state index in [2.05, 4.69) is 15.5 Å². The van der Waals surface area contributed by atoms with Gasteiger partial charge in [-0.25, -0.2) is 9.89 Å². The lowest BCUT2D eigenvalue weighted by atomic mass is 8.93. The van der Waals surface area contributed by atoms with Crippen LogP contribution in [0.2, 0.25) is 0 Å². The molecule has 0 spiro atoms. The van der Waals surface area contributed by atoms with E-state index < -0.39 is 17.5 Å². The molecule has 6 fully saturated rings. The van der Waals surface area contributed by atoms with Crippen LogP contribution in [-0.4, -0.2) is 21.8 Å². The Bertz CT molecular complexity index is 1070. The fourth-order valence-electron chi connectivity index (χ4n) is 8.32. The third-order valence-electron chi connectivity index (χ3n) is 8.92. The smallest absolute Gasteiger partial charge is 0.388 e. The van der Waals surface area contributed by atoms with E-state index in [4.69, 9.17) is 10.2 Å². The van der Waals surface area contributed by atoms with Gasteiger partial charge in [0, 0.05) is 28.2 Å². The maximum atomic E-state index is 13.6. The Labute approximate surface area is 168 Å². The molecule has 6 aliphatic carbocycles. The van der Waals surface area contributed by atoms with Crippen molar-refractivity contribution in [2.75, 3.05) is 5.32 Å². The zero-order valence-electron chi connectivity index (χ0n) is 15.2. The van der Waals surface area contributed by atoms with Gasteiger partial charge in [-0.1, -0.05) is 0 Å². The predicted molar refractivity (Wildman–Crippen MR) is 98.2 cm³/mol. The summed E-state index contributed by atoms with van der Waals surface area (Å²) in [5.74, 6) is 2.78. The van der Waals surface area contributed by atoms with Crippen molar-refractivity contribution in [1.82, 2.24) is 10.2 Å². The summed E-state index contributed by atoms with van der Waals surface area (Å²) in [7, 11) is 0. The predicted octanol–water partition coefficient (Wildman–Crippen LogP) is 2.72. The molecule has 4 N–H and O–H groups in total. The van der Waals surface area contributed by atoms with Crippen LogP contribution in [0, 0.1) is 40.9 Å². The highest BCUT2D eigenvalue weighted by atomic mass is 35.5. The molecule has 2 aromatic rings. The van der Waals surface area contributed by atoms with E-state index in [0.717, 1.165) is 6.07 Å². The van der Waals surface area contributed by atoms with E-state index in [9.17, 15) is 18.0 Å². The molecule has 0 aliphatic heterocycles. The number of anilines is 1. The van der Waals surface area contributed by atoms with Crippen LogP contribution in [-0.2, 0) is 6.18 Å². The third kappa shape index (κ3) is 1.50. The summed E-state index contributed by atoms with van der Waals surface area (Å²) in [6.07, 6.45) is -4.49. The van der Waals surface area contributed by atoms with E-state index in [1.807, 2.05) is 6.92 Å². The van der Waals surface area contributed by atoms with Gasteiger partial charge in [-0.3, -0.25) is 0 Å². The summed E-state index contributed by atoms with van der Waals surface area (Å²) in [4.78, 5) is 11.2. The standard InChI is InChI=1S/C19H17F3N4O2.ClH/c1-5(17-9-12-10(17)14-11(17)13(9)18(12,14)23)24-8-4-6(15-25-26-16(27)28-15)2-3-7(8)19(20,21)22;/h2-5,9-14,24H,23H2,1H3,(H,26,27);1H/t5-,9?,10?,11?,12?,13?,14?,17?,18?;/m0./s1. The minimum absolute atomic E-state index is 0. The first-order valence-electron chi connectivity index (χ1n) is 9.54. The van der Waals surface area contributed by atoms with E-state index in [1.54, 1.807) is 0 Å². The Hall–Kier alpha value is -2.00. The van der Waals surface area contributed by atoms with Crippen molar-refractivity contribution in [2.45, 2.75) is 24.7 Å². The van der Waals surface area contributed by atoms with Crippen molar-refractivity contribution in [3.05, 3.63) is 34.3 Å². The number of aromatic amines is 1. The molecule has 29 heavy (non-hydrogen) atoms. The minimum Gasteiger partial charge on any atom is -0.388 e. The van der Waals surface area contributed by atoms with Crippen molar-refractivity contribution in [3.8, 4) is 11.5 Å². The summed E-state index contributed by atoms with van der Waals surface area (Å²) in [6.45, 7) is 1.99. The van der Waals surface area contributed by atoms with E-state index in [1.165, 1.54) is 12.1 Å². The molecule has 154 valence electrons. The normalized spacial score (nSPS) is 44.7. The number of rotatable bonds is 4. The van der Waals surface area contributed by atoms with E-state index >= 15 is 0 Å². The first-order chi connectivity index (χ1) is 13.2. The number of benzene rings is 1. The van der Waals surface area contributed by atoms with Crippen molar-refractivity contribution in [1.29, 1.82) is 0 Å². The van der Waals surface area contributed by atoms with Gasteiger partial charge in [0.25, 0.3) is 0 Å². The van der Waals surface area contributed by atoms with Crippen LogP contribution in [0.5, 0.6) is 0 Å². The van der Waals surface area contributed by atoms with Crippen LogP contribution >= 0.6 is 12.4 Å². The molecule has 0 unspecified atom stereocenters. The van der Waals surface area contributed by atoms with Crippen LogP contribution in [0.15, 0.2) is 27.4 Å². The summed E-state index contributed by atoms with van der Waals surface area (Å²) >= 11 is 0. The summed E-state index contributed by atoms with van der Waals surface area (Å²) in [5, 5.41) is 9.01. The Morgan fingerprint density at radius 3 is 2.34 bits per heavy atom. The average molecular weight is 427 g/mol. The highest BCUT2D eigenvalue weighted by Gasteiger charge is 3.09. The molecule has 10 heteroatoms. The van der Waals surface area contributed by atoms with Gasteiger partial charge in [-0.15, -0.1) is 17.5 Å². The maximum Gasteiger partial charge on any atom is 0.434 e. The van der Waals surface area contributed by atoms with Gasteiger partial charge < -0.3 is 15.5 Å². The fraction of sp³-hybridized carbons (Fsp3) is 0.579. The quantitative estimate of drug-likeness (QED) is 0.698. The van der Waals surface area contributed by atoms with Gasteiger partial charge >= 0.3 is 11.9 Å². The number of nitrogens with two attached hydrogens (primary N) is 1. The number of hydrogen-bond acceptors (Lipinski definition) is 5. The van der Waals surface area contributed by atoms with Gasteiger partial charge in [0.15, 0.2) is 0 Å². The number of hydrogen-bond donors (Lipinski definition) is 3. The number of alkyl halides is 3. The molecule has 0 radical (unpaired) electrons. The largest absolute Gasteiger partial charge is 0.434 e. The van der Waals surface area contributed by atoms with Gasteiger partial charge in [0.2, 0.25) is 5.89 Å². The Balaban J connectivity index is 0.00000165. The monoisotopic (exact) mass is 426 g/mol. The highest BCUT2D eigenvalue weighted by Crippen LogP contribution is 3.07. The fourth-order valence-corrected chi connectivity index (χ4v) is 8.32.